The molecule has 0 saturated heterocycles. The molecule has 0 aromatic carbocycles. The summed E-state index contributed by atoms with van der Waals surface area (Å²) in [4.78, 5) is 0. The third kappa shape index (κ3) is 1.54. The quantitative estimate of drug-likeness (QED) is 0.526. The summed E-state index contributed by atoms with van der Waals surface area (Å²) in [5, 5.41) is 0. The molecule has 1 aliphatic heterocycles. The van der Waals surface area contributed by atoms with Gasteiger partial charge in [-0.05, 0) is 0 Å². The highest BCUT2D eigenvalue weighted by Crippen LogP contribution is 2.09. The highest BCUT2D eigenvalue weighted by molar-refractivity contribution is 14.1. The van der Waals surface area contributed by atoms with Crippen molar-refractivity contribution in [3.63, 3.8) is 0 Å². The van der Waals surface area contributed by atoms with Crippen molar-refractivity contribution in [1.29, 1.82) is 0 Å². The van der Waals surface area contributed by atoms with Gasteiger partial charge in [0.15, 0.2) is 0 Å². The van der Waals surface area contributed by atoms with E-state index in [1.54, 1.807) is 12.5 Å². The lowest BCUT2D eigenvalue weighted by Gasteiger charge is -2.05. The third-order valence-electron chi connectivity index (χ3n) is 0.861. The number of rotatable bonds is 2. The Bertz CT molecular complexity index is 84.4. The summed E-state index contributed by atoms with van der Waals surface area (Å²) < 4.78 is 11.0. The second-order valence-corrected chi connectivity index (χ2v) is 2.53. The molecule has 0 N–H and O–H groups in total. The molecule has 0 atom stereocenters. The van der Waals surface area contributed by atoms with E-state index in [4.69, 9.17) is 9.47 Å². The lowest BCUT2D eigenvalue weighted by Crippen LogP contribution is -2.06. The molecule has 8 heavy (non-hydrogen) atoms. The van der Waals surface area contributed by atoms with Crippen LogP contribution in [0.2, 0.25) is 0 Å². The van der Waals surface area contributed by atoms with Crippen molar-refractivity contribution >= 4 is 22.6 Å². The Morgan fingerprint density at radius 2 is 2.00 bits per heavy atom. The monoisotopic (exact) mass is 226 g/mol. The summed E-state index contributed by atoms with van der Waals surface area (Å²) in [6.07, 6.45) is 4.12. The van der Waals surface area contributed by atoms with Crippen molar-refractivity contribution in [2.45, 2.75) is 12.7 Å². The van der Waals surface area contributed by atoms with Gasteiger partial charge in [-0.2, -0.15) is 0 Å². The van der Waals surface area contributed by atoms with Crippen LogP contribution in [0, 0.1) is 0 Å². The highest BCUT2D eigenvalue weighted by Gasteiger charge is 2.09. The first kappa shape index (κ1) is 6.19. The van der Waals surface area contributed by atoms with Crippen LogP contribution < -0.4 is 0 Å². The molecule has 1 heterocycles. The zero-order valence-electron chi connectivity index (χ0n) is 4.34. The van der Waals surface area contributed by atoms with Crippen LogP contribution in [0.4, 0.5) is 0 Å². The number of hydrogen-bond donors (Lipinski definition) is 0. The Labute approximate surface area is 62.0 Å². The predicted molar refractivity (Wildman–Crippen MR) is 38.6 cm³/mol. The van der Waals surface area contributed by atoms with Gasteiger partial charge in [-0.1, -0.05) is 22.6 Å². The fourth-order valence-electron chi connectivity index (χ4n) is 0.497. The molecule has 1 aliphatic rings. The summed E-state index contributed by atoms with van der Waals surface area (Å²) in [5.41, 5.74) is 0. The normalized spacial score (nSPS) is 18.1. The van der Waals surface area contributed by atoms with E-state index in [0.29, 0.717) is 0 Å². The number of alkyl halides is 1. The van der Waals surface area contributed by atoms with Crippen LogP contribution in [0.25, 0.3) is 0 Å². The van der Waals surface area contributed by atoms with Gasteiger partial charge in [0.2, 0.25) is 6.29 Å². The molecule has 0 aliphatic carbocycles. The highest BCUT2D eigenvalue weighted by atomic mass is 127. The van der Waals surface area contributed by atoms with E-state index in [1.165, 1.54) is 0 Å². The minimum Gasteiger partial charge on any atom is -0.459 e. The first-order valence-electron chi connectivity index (χ1n) is 2.45. The summed E-state index contributed by atoms with van der Waals surface area (Å²) >= 11 is 2.29. The molecular weight excluding hydrogens is 219 g/mol. The van der Waals surface area contributed by atoms with E-state index in [2.05, 4.69) is 22.6 Å². The zero-order valence-corrected chi connectivity index (χ0v) is 6.50. The fourth-order valence-corrected chi connectivity index (χ4v) is 1.01. The summed E-state index contributed by atoms with van der Waals surface area (Å²) in [7, 11) is 0. The average molecular weight is 226 g/mol. The SMILES string of the molecule is ICCC1OC=CO1. The maximum absolute atomic E-state index is 4.99. The molecule has 0 amide bonds. The van der Waals surface area contributed by atoms with Gasteiger partial charge in [-0.25, -0.2) is 0 Å². The van der Waals surface area contributed by atoms with E-state index in [1.807, 2.05) is 0 Å². The molecule has 0 spiro atoms. The van der Waals surface area contributed by atoms with Crippen LogP contribution >= 0.6 is 22.6 Å². The van der Waals surface area contributed by atoms with E-state index < -0.39 is 0 Å². The molecule has 2 nitrogen and oxygen atoms in total. The minimum atomic E-state index is -0.00750. The Balaban J connectivity index is 2.10. The molecule has 1 rings (SSSR count). The summed E-state index contributed by atoms with van der Waals surface area (Å²) in [6, 6.07) is 0. The topological polar surface area (TPSA) is 18.5 Å². The Kier molecular flexibility index (Phi) is 2.45. The van der Waals surface area contributed by atoms with Crippen molar-refractivity contribution in [2.24, 2.45) is 0 Å². The van der Waals surface area contributed by atoms with Gasteiger partial charge in [-0.3, -0.25) is 0 Å². The molecule has 0 fully saturated rings. The van der Waals surface area contributed by atoms with Gasteiger partial charge in [0.1, 0.15) is 12.5 Å². The molecule has 0 aromatic heterocycles. The maximum atomic E-state index is 4.99. The first-order chi connectivity index (χ1) is 3.93. The van der Waals surface area contributed by atoms with Crippen LogP contribution in [0.5, 0.6) is 0 Å². The number of ether oxygens (including phenoxy) is 2. The van der Waals surface area contributed by atoms with Crippen molar-refractivity contribution in [1.82, 2.24) is 0 Å². The van der Waals surface area contributed by atoms with Gasteiger partial charge in [0.05, 0.1) is 0 Å². The van der Waals surface area contributed by atoms with Gasteiger partial charge >= 0.3 is 0 Å². The van der Waals surface area contributed by atoms with E-state index in [-0.39, 0.29) is 6.29 Å². The number of halogens is 1. The Morgan fingerprint density at radius 1 is 1.38 bits per heavy atom. The molecule has 0 unspecified atom stereocenters. The van der Waals surface area contributed by atoms with Crippen molar-refractivity contribution in [2.75, 3.05) is 4.43 Å². The van der Waals surface area contributed by atoms with Gasteiger partial charge in [0, 0.05) is 10.8 Å². The fraction of sp³-hybridized carbons (Fsp3) is 0.600. The second-order valence-electron chi connectivity index (χ2n) is 1.45. The molecular formula is C5H7IO2. The predicted octanol–water partition coefficient (Wildman–Crippen LogP) is 1.66. The zero-order chi connectivity index (χ0) is 5.82. The van der Waals surface area contributed by atoms with Gasteiger partial charge in [0.25, 0.3) is 0 Å². The molecule has 0 aromatic rings. The molecule has 0 bridgehead atoms. The average Bonchev–Trinajstić information content (AvgIpc) is 2.19. The van der Waals surface area contributed by atoms with Crippen LogP contribution in [-0.4, -0.2) is 10.7 Å². The van der Waals surface area contributed by atoms with Crippen LogP contribution in [-0.2, 0) is 9.47 Å². The second kappa shape index (κ2) is 3.17. The van der Waals surface area contributed by atoms with Crippen LogP contribution in [0.15, 0.2) is 12.5 Å². The largest absolute Gasteiger partial charge is 0.459 e. The number of hydrogen-bond acceptors (Lipinski definition) is 2. The van der Waals surface area contributed by atoms with Crippen LogP contribution in [0.1, 0.15) is 6.42 Å². The van der Waals surface area contributed by atoms with Crippen LogP contribution in [0.3, 0.4) is 0 Å². The Hall–Kier alpha value is 0.0700. The van der Waals surface area contributed by atoms with Crippen molar-refractivity contribution < 1.29 is 9.47 Å². The smallest absolute Gasteiger partial charge is 0.240 e. The minimum absolute atomic E-state index is 0.00750. The van der Waals surface area contributed by atoms with Gasteiger partial charge < -0.3 is 9.47 Å². The maximum Gasteiger partial charge on any atom is 0.240 e. The van der Waals surface area contributed by atoms with E-state index in [0.717, 1.165) is 10.8 Å². The lowest BCUT2D eigenvalue weighted by atomic mass is 10.5. The first-order valence-corrected chi connectivity index (χ1v) is 3.98. The molecule has 46 valence electrons. The standard InChI is InChI=1S/C5H7IO2/c6-2-1-5-7-3-4-8-5/h3-5H,1-2H2. The third-order valence-corrected chi connectivity index (χ3v) is 1.48. The lowest BCUT2D eigenvalue weighted by molar-refractivity contribution is -0.0227. The molecule has 3 heteroatoms. The molecule has 0 saturated carbocycles. The van der Waals surface area contributed by atoms with Crippen molar-refractivity contribution in [3.8, 4) is 0 Å². The van der Waals surface area contributed by atoms with E-state index in [9.17, 15) is 0 Å². The summed E-state index contributed by atoms with van der Waals surface area (Å²) in [5.74, 6) is 0. The summed E-state index contributed by atoms with van der Waals surface area (Å²) in [6.45, 7) is 0. The van der Waals surface area contributed by atoms with Gasteiger partial charge in [-0.15, -0.1) is 0 Å². The Morgan fingerprint density at radius 3 is 2.50 bits per heavy atom. The molecule has 0 radical (unpaired) electrons. The van der Waals surface area contributed by atoms with E-state index >= 15 is 0 Å². The van der Waals surface area contributed by atoms with Crippen molar-refractivity contribution in [3.05, 3.63) is 12.5 Å².